The van der Waals surface area contributed by atoms with Crippen LogP contribution in [0, 0.1) is 20.8 Å². The van der Waals surface area contributed by atoms with Crippen LogP contribution < -0.4 is 15.8 Å². The second-order valence-corrected chi connectivity index (χ2v) is 10.4. The molecule has 6 nitrogen and oxygen atoms in total. The summed E-state index contributed by atoms with van der Waals surface area (Å²) in [6.07, 6.45) is 0.227. The van der Waals surface area contributed by atoms with Gasteiger partial charge in [-0.05, 0) is 89.8 Å². The highest BCUT2D eigenvalue weighted by atomic mass is 35.5. The normalized spacial score (nSPS) is 19.2. The molecule has 2 aromatic rings. The Balaban J connectivity index is 1.75. The van der Waals surface area contributed by atoms with Gasteiger partial charge in [-0.1, -0.05) is 11.6 Å². The average molecular weight is 525 g/mol. The number of pyridine rings is 1. The van der Waals surface area contributed by atoms with Crippen molar-refractivity contribution in [3.63, 3.8) is 0 Å². The number of aliphatic hydroxyl groups excluding tert-OH is 1. The van der Waals surface area contributed by atoms with E-state index in [0.29, 0.717) is 16.1 Å². The fourth-order valence-electron chi connectivity index (χ4n) is 5.48. The Kier molecular flexibility index (Phi) is 9.92. The number of aryl methyl sites for hydroxylation is 2. The minimum absolute atomic E-state index is 0.164. The molecular formula is C27H39ClF2N4O2. The highest BCUT2D eigenvalue weighted by Crippen LogP contribution is 2.35. The first-order valence-electron chi connectivity index (χ1n) is 12.7. The molecular weight excluding hydrogens is 486 g/mol. The van der Waals surface area contributed by atoms with Crippen molar-refractivity contribution in [3.05, 3.63) is 61.5 Å². The molecule has 3 N–H and O–H groups in total. The zero-order valence-corrected chi connectivity index (χ0v) is 22.6. The Morgan fingerprint density at radius 3 is 2.36 bits per heavy atom. The first-order chi connectivity index (χ1) is 17.0. The van der Waals surface area contributed by atoms with Gasteiger partial charge in [0, 0.05) is 52.7 Å². The van der Waals surface area contributed by atoms with Gasteiger partial charge in [-0.25, -0.2) is 8.78 Å². The van der Waals surface area contributed by atoms with Crippen molar-refractivity contribution in [2.24, 2.45) is 0 Å². The van der Waals surface area contributed by atoms with Crippen molar-refractivity contribution < 1.29 is 13.9 Å². The van der Waals surface area contributed by atoms with Crippen LogP contribution in [0.5, 0.6) is 0 Å². The van der Waals surface area contributed by atoms with Gasteiger partial charge in [0.25, 0.3) is 12.0 Å². The van der Waals surface area contributed by atoms with E-state index in [-0.39, 0.29) is 30.7 Å². The SMILES string of the molecule is CCN(c1cc(Cl)cc(C(O)NCc2c(C)cc(C)[nH]c2=O)c1C)[C@H]1CC[C@H](N(C)CC(F)F)CC1. The fourth-order valence-corrected chi connectivity index (χ4v) is 5.70. The third-order valence-corrected chi connectivity index (χ3v) is 7.67. The van der Waals surface area contributed by atoms with Gasteiger partial charge < -0.3 is 15.0 Å². The monoisotopic (exact) mass is 524 g/mol. The van der Waals surface area contributed by atoms with E-state index in [1.165, 1.54) is 0 Å². The van der Waals surface area contributed by atoms with Crippen LogP contribution in [-0.4, -0.2) is 53.6 Å². The lowest BCUT2D eigenvalue weighted by Crippen LogP contribution is -2.44. The van der Waals surface area contributed by atoms with Crippen molar-refractivity contribution in [3.8, 4) is 0 Å². The zero-order valence-electron chi connectivity index (χ0n) is 21.9. The van der Waals surface area contributed by atoms with Crippen molar-refractivity contribution >= 4 is 17.3 Å². The second-order valence-electron chi connectivity index (χ2n) is 9.94. The predicted molar refractivity (Wildman–Crippen MR) is 142 cm³/mol. The minimum Gasteiger partial charge on any atom is -0.374 e. The van der Waals surface area contributed by atoms with Crippen molar-refractivity contribution in [2.75, 3.05) is 25.0 Å². The van der Waals surface area contributed by atoms with Crippen LogP contribution in [0.3, 0.4) is 0 Å². The standard InChI is InChI=1S/C27H39ClF2N4O2/c1-6-34(21-9-7-20(8-10-21)33(5)15-25(29)30)24-13-19(28)12-22(18(24)4)26(35)31-14-23-16(2)11-17(3)32-27(23)36/h11-13,20-21,25-26,31,35H,6-10,14-15H2,1-5H3,(H,32,36)/t20-,21-,26?. The number of benzene rings is 1. The molecule has 0 saturated heterocycles. The molecule has 1 saturated carbocycles. The van der Waals surface area contributed by atoms with E-state index < -0.39 is 12.7 Å². The highest BCUT2D eigenvalue weighted by Gasteiger charge is 2.29. The van der Waals surface area contributed by atoms with E-state index in [2.05, 4.69) is 22.1 Å². The fraction of sp³-hybridized carbons (Fsp3) is 0.593. The summed E-state index contributed by atoms with van der Waals surface area (Å²) in [6.45, 7) is 8.58. The Labute approximate surface area is 217 Å². The van der Waals surface area contributed by atoms with Crippen LogP contribution in [0.4, 0.5) is 14.5 Å². The maximum atomic E-state index is 12.8. The van der Waals surface area contributed by atoms with Gasteiger partial charge in [0.05, 0.1) is 6.54 Å². The van der Waals surface area contributed by atoms with E-state index in [4.69, 9.17) is 11.6 Å². The molecule has 1 unspecified atom stereocenters. The van der Waals surface area contributed by atoms with Crippen LogP contribution >= 0.6 is 11.6 Å². The summed E-state index contributed by atoms with van der Waals surface area (Å²) in [4.78, 5) is 19.3. The maximum Gasteiger partial charge on any atom is 0.252 e. The molecule has 0 amide bonds. The van der Waals surface area contributed by atoms with Gasteiger partial charge in [0.1, 0.15) is 6.23 Å². The van der Waals surface area contributed by atoms with Gasteiger partial charge in [0.15, 0.2) is 0 Å². The van der Waals surface area contributed by atoms with Crippen molar-refractivity contribution in [1.82, 2.24) is 15.2 Å². The second kappa shape index (κ2) is 12.5. The molecule has 1 aliphatic carbocycles. The summed E-state index contributed by atoms with van der Waals surface area (Å²) in [5.74, 6) is 0. The lowest BCUT2D eigenvalue weighted by Gasteiger charge is -2.41. The number of nitrogens with zero attached hydrogens (tertiary/aromatic N) is 2. The number of anilines is 1. The Morgan fingerprint density at radius 1 is 1.14 bits per heavy atom. The molecule has 0 bridgehead atoms. The molecule has 0 spiro atoms. The number of hydrogen-bond donors (Lipinski definition) is 3. The summed E-state index contributed by atoms with van der Waals surface area (Å²) >= 11 is 6.51. The lowest BCUT2D eigenvalue weighted by atomic mass is 9.88. The number of halogens is 3. The summed E-state index contributed by atoms with van der Waals surface area (Å²) in [5.41, 5.74) is 4.65. The van der Waals surface area contributed by atoms with E-state index in [1.54, 1.807) is 18.0 Å². The number of rotatable bonds is 10. The number of alkyl halides is 2. The first-order valence-corrected chi connectivity index (χ1v) is 13.1. The van der Waals surface area contributed by atoms with E-state index in [9.17, 15) is 18.7 Å². The number of hydrogen-bond acceptors (Lipinski definition) is 5. The molecule has 1 aromatic heterocycles. The molecule has 0 radical (unpaired) electrons. The molecule has 0 aliphatic heterocycles. The topological polar surface area (TPSA) is 71.6 Å². The van der Waals surface area contributed by atoms with Gasteiger partial charge in [-0.3, -0.25) is 15.0 Å². The number of nitrogens with one attached hydrogen (secondary N) is 2. The smallest absolute Gasteiger partial charge is 0.252 e. The zero-order chi connectivity index (χ0) is 26.6. The van der Waals surface area contributed by atoms with Crippen molar-refractivity contribution in [1.29, 1.82) is 0 Å². The third kappa shape index (κ3) is 6.85. The summed E-state index contributed by atoms with van der Waals surface area (Å²) in [7, 11) is 1.78. The molecule has 1 aliphatic rings. The molecule has 200 valence electrons. The number of aliphatic hydroxyl groups is 1. The molecule has 36 heavy (non-hydrogen) atoms. The third-order valence-electron chi connectivity index (χ3n) is 7.45. The quantitative estimate of drug-likeness (QED) is 0.379. The van der Waals surface area contributed by atoms with E-state index >= 15 is 0 Å². The van der Waals surface area contributed by atoms with Gasteiger partial charge >= 0.3 is 0 Å². The van der Waals surface area contributed by atoms with Gasteiger partial charge in [-0.2, -0.15) is 0 Å². The number of aromatic amines is 1. The lowest BCUT2D eigenvalue weighted by molar-refractivity contribution is 0.0688. The highest BCUT2D eigenvalue weighted by molar-refractivity contribution is 6.31. The van der Waals surface area contributed by atoms with Gasteiger partial charge in [-0.15, -0.1) is 0 Å². The molecule has 9 heteroatoms. The minimum atomic E-state index is -2.32. The molecule has 3 rings (SSSR count). The first kappa shape index (κ1) is 28.6. The van der Waals surface area contributed by atoms with Crippen molar-refractivity contribution in [2.45, 2.75) is 84.7 Å². The van der Waals surface area contributed by atoms with Crippen LogP contribution in [0.25, 0.3) is 0 Å². The van der Waals surface area contributed by atoms with E-state index in [0.717, 1.165) is 54.7 Å². The van der Waals surface area contributed by atoms with Crippen LogP contribution in [0.2, 0.25) is 5.02 Å². The van der Waals surface area contributed by atoms with Crippen LogP contribution in [-0.2, 0) is 6.54 Å². The van der Waals surface area contributed by atoms with Gasteiger partial charge in [0.2, 0.25) is 0 Å². The maximum absolute atomic E-state index is 12.8. The molecule has 1 aromatic carbocycles. The number of aromatic nitrogens is 1. The Bertz CT molecular complexity index is 1090. The average Bonchev–Trinajstić information content (AvgIpc) is 2.80. The van der Waals surface area contributed by atoms with Crippen LogP contribution in [0.1, 0.15) is 66.8 Å². The molecule has 1 atom stereocenters. The molecule has 1 heterocycles. The Hall–Kier alpha value is -2.00. The van der Waals surface area contributed by atoms with Crippen LogP contribution in [0.15, 0.2) is 23.0 Å². The largest absolute Gasteiger partial charge is 0.374 e. The Morgan fingerprint density at radius 2 is 1.78 bits per heavy atom. The summed E-state index contributed by atoms with van der Waals surface area (Å²) in [5, 5.41) is 14.6. The summed E-state index contributed by atoms with van der Waals surface area (Å²) < 4.78 is 25.6. The number of H-pyrrole nitrogens is 1. The van der Waals surface area contributed by atoms with E-state index in [1.807, 2.05) is 32.9 Å². The molecule has 1 fully saturated rings. The predicted octanol–water partition coefficient (Wildman–Crippen LogP) is 5.07. The summed E-state index contributed by atoms with van der Waals surface area (Å²) in [6, 6.07) is 6.04.